The van der Waals surface area contributed by atoms with Crippen LogP contribution in [-0.2, 0) is 14.2 Å². The Bertz CT molecular complexity index is 424. The molecule has 0 amide bonds. The predicted molar refractivity (Wildman–Crippen MR) is 98.8 cm³/mol. The van der Waals surface area contributed by atoms with Crippen molar-refractivity contribution < 1.29 is 29.5 Å². The molecule has 1 aromatic heterocycles. The van der Waals surface area contributed by atoms with E-state index >= 15 is 0 Å². The molecule has 12 heteroatoms. The molecule has 0 fully saturated rings. The van der Waals surface area contributed by atoms with Gasteiger partial charge in [-0.1, -0.05) is 0 Å². The average Bonchev–Trinajstić information content (AvgIpc) is 2.67. The highest BCUT2D eigenvalue weighted by Gasteiger charge is 2.20. The van der Waals surface area contributed by atoms with E-state index in [1.807, 2.05) is 0 Å². The number of rotatable bonds is 15. The van der Waals surface area contributed by atoms with Gasteiger partial charge in [0.05, 0.1) is 19.8 Å². The van der Waals surface area contributed by atoms with Gasteiger partial charge in [-0.3, -0.25) is 4.90 Å². The SMILES string of the molecule is COCN(CCO)c1nc(N(CCO)CCO)nc(N(COC)COC)n1. The van der Waals surface area contributed by atoms with Crippen LogP contribution in [0.1, 0.15) is 0 Å². The van der Waals surface area contributed by atoms with Crippen molar-refractivity contribution in [1.82, 2.24) is 15.0 Å². The van der Waals surface area contributed by atoms with Crippen molar-refractivity contribution in [3.05, 3.63) is 0 Å². The predicted octanol–water partition coefficient (Wildman–Crippen LogP) is -1.92. The molecular weight excluding hydrogens is 360 g/mol. The Morgan fingerprint density at radius 2 is 0.926 bits per heavy atom. The monoisotopic (exact) mass is 390 g/mol. The van der Waals surface area contributed by atoms with Crippen LogP contribution < -0.4 is 14.7 Å². The minimum absolute atomic E-state index is 0.115. The third-order valence-electron chi connectivity index (χ3n) is 3.41. The van der Waals surface area contributed by atoms with Gasteiger partial charge in [0, 0.05) is 41.0 Å². The first kappa shape index (κ1) is 23.2. The van der Waals surface area contributed by atoms with E-state index in [2.05, 4.69) is 15.0 Å². The lowest BCUT2D eigenvalue weighted by Crippen LogP contribution is -2.36. The van der Waals surface area contributed by atoms with Gasteiger partial charge in [-0.15, -0.1) is 0 Å². The highest BCUT2D eigenvalue weighted by atomic mass is 16.5. The third kappa shape index (κ3) is 7.36. The van der Waals surface area contributed by atoms with Crippen molar-refractivity contribution in [3.63, 3.8) is 0 Å². The summed E-state index contributed by atoms with van der Waals surface area (Å²) >= 11 is 0. The van der Waals surface area contributed by atoms with Gasteiger partial charge in [0.1, 0.15) is 20.2 Å². The quantitative estimate of drug-likeness (QED) is 0.288. The highest BCUT2D eigenvalue weighted by Crippen LogP contribution is 2.19. The van der Waals surface area contributed by atoms with Crippen LogP contribution in [0.15, 0.2) is 0 Å². The molecule has 1 heterocycles. The van der Waals surface area contributed by atoms with E-state index in [0.29, 0.717) is 5.95 Å². The molecule has 0 bridgehead atoms. The van der Waals surface area contributed by atoms with Crippen molar-refractivity contribution in [2.45, 2.75) is 0 Å². The summed E-state index contributed by atoms with van der Waals surface area (Å²) in [5.41, 5.74) is 0. The minimum Gasteiger partial charge on any atom is -0.395 e. The molecule has 0 radical (unpaired) electrons. The summed E-state index contributed by atoms with van der Waals surface area (Å²) in [5, 5.41) is 27.9. The van der Waals surface area contributed by atoms with E-state index in [1.165, 1.54) is 7.11 Å². The summed E-state index contributed by atoms with van der Waals surface area (Å²) in [6.45, 7) is 0.885. The lowest BCUT2D eigenvalue weighted by molar-refractivity contribution is 0.138. The molecule has 0 saturated carbocycles. The van der Waals surface area contributed by atoms with Gasteiger partial charge >= 0.3 is 0 Å². The molecule has 0 aliphatic rings. The number of aromatic nitrogens is 3. The van der Waals surface area contributed by atoms with Crippen LogP contribution in [-0.4, -0.2) is 111 Å². The molecular formula is C15H30N6O6. The fraction of sp³-hybridized carbons (Fsp3) is 0.800. The Morgan fingerprint density at radius 1 is 0.593 bits per heavy atom. The molecule has 0 atom stereocenters. The van der Waals surface area contributed by atoms with Crippen molar-refractivity contribution >= 4 is 17.8 Å². The number of nitrogens with zero attached hydrogens (tertiary/aromatic N) is 6. The zero-order chi connectivity index (χ0) is 20.1. The number of hydrogen-bond acceptors (Lipinski definition) is 12. The molecule has 0 aromatic carbocycles. The first-order valence-corrected chi connectivity index (χ1v) is 8.45. The van der Waals surface area contributed by atoms with Gasteiger partial charge in [-0.2, -0.15) is 15.0 Å². The van der Waals surface area contributed by atoms with Crippen LogP contribution in [0.3, 0.4) is 0 Å². The maximum Gasteiger partial charge on any atom is 0.235 e. The standard InChI is InChI=1S/C15H30N6O6/c1-25-10-20(6-9-24)14-16-13(19(4-7-22)5-8-23)17-15(18-14)21(11-26-2)12-27-3/h22-24H,4-12H2,1-3H3. The molecule has 0 unspecified atom stereocenters. The number of aliphatic hydroxyl groups excluding tert-OH is 3. The van der Waals surface area contributed by atoms with E-state index < -0.39 is 0 Å². The number of anilines is 3. The van der Waals surface area contributed by atoms with Crippen molar-refractivity contribution in [2.24, 2.45) is 0 Å². The Hall–Kier alpha value is -1.83. The largest absolute Gasteiger partial charge is 0.395 e. The van der Waals surface area contributed by atoms with E-state index in [9.17, 15) is 15.3 Å². The minimum atomic E-state index is -0.130. The summed E-state index contributed by atoms with van der Waals surface area (Å²) in [7, 11) is 4.61. The van der Waals surface area contributed by atoms with Crippen LogP contribution >= 0.6 is 0 Å². The van der Waals surface area contributed by atoms with E-state index in [-0.39, 0.29) is 71.5 Å². The molecule has 1 rings (SSSR count). The van der Waals surface area contributed by atoms with E-state index in [4.69, 9.17) is 14.2 Å². The summed E-state index contributed by atoms with van der Waals surface area (Å²) in [6.07, 6.45) is 0. The van der Waals surface area contributed by atoms with Crippen molar-refractivity contribution in [3.8, 4) is 0 Å². The van der Waals surface area contributed by atoms with E-state index in [1.54, 1.807) is 28.9 Å². The zero-order valence-electron chi connectivity index (χ0n) is 16.1. The van der Waals surface area contributed by atoms with Gasteiger partial charge in [-0.05, 0) is 0 Å². The second-order valence-electron chi connectivity index (χ2n) is 5.45. The number of ether oxygens (including phenoxy) is 3. The molecule has 0 spiro atoms. The topological polar surface area (TPSA) is 137 Å². The van der Waals surface area contributed by atoms with Crippen molar-refractivity contribution in [1.29, 1.82) is 0 Å². The molecule has 0 saturated heterocycles. The molecule has 0 aliphatic carbocycles. The van der Waals surface area contributed by atoms with Crippen LogP contribution in [0.25, 0.3) is 0 Å². The number of methoxy groups -OCH3 is 3. The van der Waals surface area contributed by atoms with E-state index in [0.717, 1.165) is 0 Å². The van der Waals surface area contributed by atoms with Crippen LogP contribution in [0, 0.1) is 0 Å². The lowest BCUT2D eigenvalue weighted by Gasteiger charge is -2.27. The zero-order valence-corrected chi connectivity index (χ0v) is 16.1. The second kappa shape index (κ2) is 13.4. The number of hydrogen-bond donors (Lipinski definition) is 3. The average molecular weight is 390 g/mol. The Morgan fingerprint density at radius 3 is 1.33 bits per heavy atom. The second-order valence-corrected chi connectivity index (χ2v) is 5.45. The Labute approximate surface area is 158 Å². The fourth-order valence-electron chi connectivity index (χ4n) is 2.28. The Kier molecular flexibility index (Phi) is 11.5. The smallest absolute Gasteiger partial charge is 0.235 e. The highest BCUT2D eigenvalue weighted by molar-refractivity contribution is 5.46. The maximum atomic E-state index is 9.32. The lowest BCUT2D eigenvalue weighted by atomic mass is 10.5. The van der Waals surface area contributed by atoms with Gasteiger partial charge in [-0.25, -0.2) is 0 Å². The van der Waals surface area contributed by atoms with Crippen molar-refractivity contribution in [2.75, 3.05) is 95.7 Å². The van der Waals surface area contributed by atoms with Crippen LogP contribution in [0.4, 0.5) is 17.8 Å². The van der Waals surface area contributed by atoms with Crippen LogP contribution in [0.5, 0.6) is 0 Å². The summed E-state index contributed by atoms with van der Waals surface area (Å²) < 4.78 is 15.5. The summed E-state index contributed by atoms with van der Waals surface area (Å²) in [6, 6.07) is 0. The van der Waals surface area contributed by atoms with Gasteiger partial charge in [0.2, 0.25) is 17.8 Å². The molecule has 3 N–H and O–H groups in total. The fourth-order valence-corrected chi connectivity index (χ4v) is 2.28. The molecule has 12 nitrogen and oxygen atoms in total. The maximum absolute atomic E-state index is 9.32. The first-order valence-electron chi connectivity index (χ1n) is 8.45. The molecule has 1 aromatic rings. The molecule has 156 valence electrons. The van der Waals surface area contributed by atoms with Gasteiger partial charge in [0.15, 0.2) is 0 Å². The Balaban J connectivity index is 3.38. The number of aliphatic hydroxyl groups is 3. The van der Waals surface area contributed by atoms with Gasteiger partial charge < -0.3 is 39.3 Å². The third-order valence-corrected chi connectivity index (χ3v) is 3.41. The summed E-state index contributed by atoms with van der Waals surface area (Å²) in [4.78, 5) is 18.2. The van der Waals surface area contributed by atoms with Gasteiger partial charge in [0.25, 0.3) is 0 Å². The summed E-state index contributed by atoms with van der Waals surface area (Å²) in [5.74, 6) is 0.844. The molecule has 0 aliphatic heterocycles. The normalized spacial score (nSPS) is 10.9. The first-order chi connectivity index (χ1) is 13.1. The van der Waals surface area contributed by atoms with Crippen LogP contribution in [0.2, 0.25) is 0 Å². The molecule has 27 heavy (non-hydrogen) atoms.